The van der Waals surface area contributed by atoms with Crippen LogP contribution < -0.4 is 4.57 Å². The number of aromatic carboxylic acids is 1. The third-order valence-corrected chi connectivity index (χ3v) is 2.39. The molecule has 0 aliphatic carbocycles. The van der Waals surface area contributed by atoms with Crippen molar-refractivity contribution in [2.24, 2.45) is 0 Å². The highest BCUT2D eigenvalue weighted by atomic mass is 16.4. The van der Waals surface area contributed by atoms with Crippen molar-refractivity contribution >= 4 is 5.97 Å². The summed E-state index contributed by atoms with van der Waals surface area (Å²) in [5.41, 5.74) is -0.0671. The number of carboxylic acids is 1. The van der Waals surface area contributed by atoms with Gasteiger partial charge in [0.15, 0.2) is 12.4 Å². The molecule has 0 radical (unpaired) electrons. The van der Waals surface area contributed by atoms with E-state index in [1.54, 1.807) is 12.1 Å². The Morgan fingerprint density at radius 2 is 1.74 bits per heavy atom. The van der Waals surface area contributed by atoms with E-state index in [2.05, 4.69) is 36.0 Å². The first-order chi connectivity index (χ1) is 9.15. The maximum atomic E-state index is 10.3. The molecule has 1 aromatic carbocycles. The molecule has 0 saturated heterocycles. The van der Waals surface area contributed by atoms with E-state index in [-0.39, 0.29) is 11.3 Å². The summed E-state index contributed by atoms with van der Waals surface area (Å²) in [6.07, 6.45) is 5.38. The first-order valence-electron chi connectivity index (χ1n) is 6.10. The third-order valence-electron chi connectivity index (χ3n) is 2.39. The second kappa shape index (κ2) is 7.87. The van der Waals surface area contributed by atoms with Crippen molar-refractivity contribution in [3.05, 3.63) is 60.4 Å². The van der Waals surface area contributed by atoms with Crippen LogP contribution in [-0.4, -0.2) is 16.2 Å². The van der Waals surface area contributed by atoms with Gasteiger partial charge in [-0.3, -0.25) is 0 Å². The van der Waals surface area contributed by atoms with Gasteiger partial charge in [0.1, 0.15) is 17.9 Å². The zero-order valence-electron chi connectivity index (χ0n) is 10.9. The standard InChI is InChI=1S/C8H12N.C7H6O3/c1-2-6-9-7-4-3-5-8-9;8-6-4-2-1-3-5(6)7(9)10/h3-5,7-8H,2,6H2,1H3;1-4,8H,(H,9,10)/q+1;. The molecule has 1 heterocycles. The first-order valence-corrected chi connectivity index (χ1v) is 6.10. The molecule has 0 saturated carbocycles. The van der Waals surface area contributed by atoms with E-state index < -0.39 is 5.97 Å². The van der Waals surface area contributed by atoms with Crippen molar-refractivity contribution in [1.82, 2.24) is 0 Å². The summed E-state index contributed by atoms with van der Waals surface area (Å²) in [7, 11) is 0. The molecule has 1 aromatic heterocycles. The summed E-state index contributed by atoms with van der Waals surface area (Å²) in [5, 5.41) is 17.3. The van der Waals surface area contributed by atoms with Crippen LogP contribution in [0.15, 0.2) is 54.9 Å². The number of para-hydroxylation sites is 1. The number of carbonyl (C=O) groups is 1. The van der Waals surface area contributed by atoms with Crippen LogP contribution in [0.4, 0.5) is 0 Å². The number of carboxylic acid groups (broad SMARTS) is 1. The third kappa shape index (κ3) is 5.21. The second-order valence-electron chi connectivity index (χ2n) is 3.94. The highest BCUT2D eigenvalue weighted by molar-refractivity contribution is 5.90. The Kier molecular flexibility index (Phi) is 6.09. The van der Waals surface area contributed by atoms with E-state index in [1.165, 1.54) is 18.6 Å². The maximum Gasteiger partial charge on any atom is 0.339 e. The predicted molar refractivity (Wildman–Crippen MR) is 72.0 cm³/mol. The van der Waals surface area contributed by atoms with Crippen LogP contribution >= 0.6 is 0 Å². The minimum Gasteiger partial charge on any atom is -0.507 e. The van der Waals surface area contributed by atoms with Crippen molar-refractivity contribution in [2.45, 2.75) is 19.9 Å². The molecule has 0 spiro atoms. The lowest BCUT2D eigenvalue weighted by Crippen LogP contribution is -2.31. The van der Waals surface area contributed by atoms with Gasteiger partial charge in [-0.1, -0.05) is 25.1 Å². The van der Waals surface area contributed by atoms with Gasteiger partial charge in [-0.15, -0.1) is 0 Å². The van der Waals surface area contributed by atoms with Crippen molar-refractivity contribution in [1.29, 1.82) is 0 Å². The Morgan fingerprint density at radius 1 is 1.11 bits per heavy atom. The molecule has 0 aliphatic heterocycles. The molecular weight excluding hydrogens is 242 g/mol. The smallest absolute Gasteiger partial charge is 0.339 e. The molecule has 4 nitrogen and oxygen atoms in total. The van der Waals surface area contributed by atoms with Crippen molar-refractivity contribution in [2.75, 3.05) is 0 Å². The molecule has 0 fully saturated rings. The number of hydrogen-bond donors (Lipinski definition) is 2. The van der Waals surface area contributed by atoms with Crippen LogP contribution in [0.2, 0.25) is 0 Å². The van der Waals surface area contributed by atoms with Gasteiger partial charge in [0.05, 0.1) is 0 Å². The normalized spacial score (nSPS) is 9.32. The quantitative estimate of drug-likeness (QED) is 0.833. The molecule has 0 bridgehead atoms. The molecule has 0 atom stereocenters. The van der Waals surface area contributed by atoms with E-state index >= 15 is 0 Å². The SMILES string of the molecule is CCC[n+]1ccccc1.O=C(O)c1ccccc1O. The molecule has 0 amide bonds. The lowest BCUT2D eigenvalue weighted by atomic mass is 10.2. The van der Waals surface area contributed by atoms with Crippen molar-refractivity contribution < 1.29 is 19.6 Å². The van der Waals surface area contributed by atoms with Gasteiger partial charge in [0.25, 0.3) is 0 Å². The van der Waals surface area contributed by atoms with Crippen molar-refractivity contribution in [3.63, 3.8) is 0 Å². The number of benzene rings is 1. The summed E-state index contributed by atoms with van der Waals surface area (Å²) < 4.78 is 2.18. The topological polar surface area (TPSA) is 61.4 Å². The minimum atomic E-state index is -1.11. The molecule has 2 N–H and O–H groups in total. The second-order valence-corrected chi connectivity index (χ2v) is 3.94. The van der Waals surface area contributed by atoms with E-state index in [0.717, 1.165) is 6.54 Å². The number of aromatic hydroxyl groups is 1. The van der Waals surface area contributed by atoms with Crippen LogP contribution in [0.5, 0.6) is 5.75 Å². The molecular formula is C15H18NO3+. The Labute approximate surface area is 112 Å². The van der Waals surface area contributed by atoms with Gasteiger partial charge >= 0.3 is 5.97 Å². The fraction of sp³-hybridized carbons (Fsp3) is 0.200. The molecule has 0 aliphatic rings. The van der Waals surface area contributed by atoms with Gasteiger partial charge in [-0.05, 0) is 12.1 Å². The molecule has 100 valence electrons. The van der Waals surface area contributed by atoms with Gasteiger partial charge < -0.3 is 10.2 Å². The summed E-state index contributed by atoms with van der Waals surface area (Å²) in [6, 6.07) is 11.9. The van der Waals surface area contributed by atoms with Crippen LogP contribution in [0.25, 0.3) is 0 Å². The summed E-state index contributed by atoms with van der Waals surface area (Å²) in [5.74, 6) is -1.31. The molecule has 19 heavy (non-hydrogen) atoms. The number of aryl methyl sites for hydroxylation is 1. The summed E-state index contributed by atoms with van der Waals surface area (Å²) in [4.78, 5) is 10.3. The van der Waals surface area contributed by atoms with Crippen LogP contribution in [0, 0.1) is 0 Å². The Hall–Kier alpha value is -2.36. The van der Waals surface area contributed by atoms with E-state index in [4.69, 9.17) is 10.2 Å². The lowest BCUT2D eigenvalue weighted by Gasteiger charge is -1.95. The highest BCUT2D eigenvalue weighted by Crippen LogP contribution is 2.14. The van der Waals surface area contributed by atoms with Gasteiger partial charge in [0, 0.05) is 18.6 Å². The predicted octanol–water partition coefficient (Wildman–Crippen LogP) is 2.47. The molecule has 0 unspecified atom stereocenters. The minimum absolute atomic E-state index is 0.0671. The van der Waals surface area contributed by atoms with E-state index in [0.29, 0.717) is 0 Å². The number of hydrogen-bond acceptors (Lipinski definition) is 2. The zero-order chi connectivity index (χ0) is 14.1. The van der Waals surface area contributed by atoms with E-state index in [1.807, 2.05) is 6.07 Å². The Bertz CT molecular complexity index is 512. The summed E-state index contributed by atoms with van der Waals surface area (Å²) in [6.45, 7) is 3.31. The maximum absolute atomic E-state index is 10.3. The van der Waals surface area contributed by atoms with Crippen molar-refractivity contribution in [3.8, 4) is 5.75 Å². The molecule has 2 rings (SSSR count). The van der Waals surface area contributed by atoms with Crippen LogP contribution in [0.3, 0.4) is 0 Å². The number of pyridine rings is 1. The fourth-order valence-corrected chi connectivity index (χ4v) is 1.50. The number of rotatable bonds is 3. The number of phenols is 1. The molecule has 4 heteroatoms. The highest BCUT2D eigenvalue weighted by Gasteiger charge is 2.05. The van der Waals surface area contributed by atoms with Crippen LogP contribution in [-0.2, 0) is 6.54 Å². The Balaban J connectivity index is 0.000000191. The Morgan fingerprint density at radius 3 is 2.21 bits per heavy atom. The number of aromatic nitrogens is 1. The number of nitrogens with zero attached hydrogens (tertiary/aromatic N) is 1. The first kappa shape index (κ1) is 14.7. The van der Waals surface area contributed by atoms with Gasteiger partial charge in [0.2, 0.25) is 0 Å². The zero-order valence-corrected chi connectivity index (χ0v) is 10.9. The monoisotopic (exact) mass is 260 g/mol. The van der Waals surface area contributed by atoms with Gasteiger partial charge in [-0.2, -0.15) is 0 Å². The largest absolute Gasteiger partial charge is 0.507 e. The average molecular weight is 260 g/mol. The van der Waals surface area contributed by atoms with E-state index in [9.17, 15) is 4.79 Å². The average Bonchev–Trinajstić information content (AvgIpc) is 2.41. The van der Waals surface area contributed by atoms with Gasteiger partial charge in [-0.25, -0.2) is 9.36 Å². The van der Waals surface area contributed by atoms with Crippen LogP contribution in [0.1, 0.15) is 23.7 Å². The lowest BCUT2D eigenvalue weighted by molar-refractivity contribution is -0.697. The summed E-state index contributed by atoms with van der Waals surface area (Å²) >= 11 is 0. The fourth-order valence-electron chi connectivity index (χ4n) is 1.50. The molecule has 2 aromatic rings.